The lowest BCUT2D eigenvalue weighted by molar-refractivity contribution is -0.373. The normalized spacial score (nSPS) is 48.0. The average molecular weight is 558 g/mol. The minimum absolute atomic E-state index is 0.119. The molecule has 3 heterocycles. The van der Waals surface area contributed by atoms with Crippen LogP contribution in [0.3, 0.4) is 0 Å². The van der Waals surface area contributed by atoms with E-state index in [0.717, 1.165) is 0 Å². The Morgan fingerprint density at radius 1 is 0.737 bits per heavy atom. The predicted octanol–water partition coefficient (Wildman–Crippen LogP) is -5.36. The van der Waals surface area contributed by atoms with Crippen molar-refractivity contribution in [2.45, 2.75) is 113 Å². The smallest absolute Gasteiger partial charge is 0.217 e. The second-order valence-corrected chi connectivity index (χ2v) is 9.49. The first-order valence-electron chi connectivity index (χ1n) is 12.4. The van der Waals surface area contributed by atoms with Gasteiger partial charge in [-0.25, -0.2) is 0 Å². The molecule has 3 saturated heterocycles. The van der Waals surface area contributed by atoms with E-state index in [-0.39, 0.29) is 6.61 Å². The van der Waals surface area contributed by atoms with Gasteiger partial charge in [0.05, 0.1) is 19.3 Å². The highest BCUT2D eigenvalue weighted by Crippen LogP contribution is 2.33. The van der Waals surface area contributed by atoms with Gasteiger partial charge >= 0.3 is 0 Å². The molecule has 15 atom stereocenters. The number of aliphatic hydroxyl groups excluding tert-OH is 8. The van der Waals surface area contributed by atoms with Gasteiger partial charge < -0.3 is 74.6 Å². The summed E-state index contributed by atoms with van der Waals surface area (Å²) in [5.41, 5.74) is 0. The quantitative estimate of drug-likeness (QED) is 0.128. The minimum atomic E-state index is -1.81. The molecule has 0 radical (unpaired) electrons. The molecule has 0 aliphatic carbocycles. The fraction of sp³-hybridized carbons (Fsp3) is 0.955. The number of nitrogens with one attached hydrogen (secondary N) is 1. The Labute approximate surface area is 218 Å². The molecule has 1 amide bonds. The van der Waals surface area contributed by atoms with Crippen molar-refractivity contribution in [2.75, 3.05) is 19.8 Å². The molecule has 0 unspecified atom stereocenters. The summed E-state index contributed by atoms with van der Waals surface area (Å²) in [5, 5.41) is 83.8. The van der Waals surface area contributed by atoms with Crippen LogP contribution in [0.15, 0.2) is 0 Å². The first-order chi connectivity index (χ1) is 17.9. The number of carbonyl (C=O) groups is 1. The number of hydrogen-bond donors (Lipinski definition) is 9. The molecular weight excluding hydrogens is 518 g/mol. The molecule has 0 saturated carbocycles. The van der Waals surface area contributed by atoms with E-state index in [1.807, 2.05) is 0 Å². The van der Waals surface area contributed by atoms with Crippen LogP contribution in [0.4, 0.5) is 0 Å². The molecule has 0 aromatic heterocycles. The largest absolute Gasteiger partial charge is 0.394 e. The van der Waals surface area contributed by atoms with E-state index in [1.165, 1.54) is 13.8 Å². The van der Waals surface area contributed by atoms with Crippen LogP contribution in [-0.2, 0) is 33.2 Å². The van der Waals surface area contributed by atoms with Gasteiger partial charge in [0.1, 0.15) is 67.1 Å². The zero-order valence-corrected chi connectivity index (χ0v) is 21.2. The third kappa shape index (κ3) is 6.61. The molecule has 38 heavy (non-hydrogen) atoms. The molecule has 0 aromatic carbocycles. The maximum absolute atomic E-state index is 12.1. The van der Waals surface area contributed by atoms with Gasteiger partial charge in [0, 0.05) is 13.5 Å². The van der Waals surface area contributed by atoms with Crippen LogP contribution in [0, 0.1) is 0 Å². The Kier molecular flexibility index (Phi) is 11.2. The molecule has 222 valence electrons. The van der Waals surface area contributed by atoms with Gasteiger partial charge in [-0.1, -0.05) is 0 Å². The summed E-state index contributed by atoms with van der Waals surface area (Å²) in [6, 6.07) is -1.17. The fourth-order valence-electron chi connectivity index (χ4n) is 4.69. The molecule has 0 aromatic rings. The van der Waals surface area contributed by atoms with E-state index in [4.69, 9.17) is 28.4 Å². The molecule has 0 bridgehead atoms. The highest BCUT2D eigenvalue weighted by atomic mass is 16.8. The molecule has 3 rings (SSSR count). The first kappa shape index (κ1) is 31.4. The van der Waals surface area contributed by atoms with Crippen LogP contribution < -0.4 is 5.32 Å². The monoisotopic (exact) mass is 557 g/mol. The molecule has 16 heteroatoms. The lowest BCUT2D eigenvalue weighted by Gasteiger charge is -2.50. The Bertz CT molecular complexity index is 760. The average Bonchev–Trinajstić information content (AvgIpc) is 2.88. The van der Waals surface area contributed by atoms with Crippen LogP contribution in [0.2, 0.25) is 0 Å². The highest BCUT2D eigenvalue weighted by Gasteiger charge is 2.54. The van der Waals surface area contributed by atoms with E-state index in [9.17, 15) is 45.6 Å². The zero-order chi connectivity index (χ0) is 28.3. The standard InChI is InChI=1S/C22H39NO15/c1-4-33-20-11(23-8(3)26)19(38-21-16(31)14(29)12(27)7(2)34-21)18(10(6-25)36-20)37-22-17(32)15(30)13(28)9(5-24)35-22/h7,9-22,24-25,27-32H,4-6H2,1-3H3,(H,23,26)/t7-,9-,10-,11-,12+,13-,14-,15-,16-,17-,18+,19+,20+,21-,22-/m0/s1. The lowest BCUT2D eigenvalue weighted by atomic mass is 9.94. The van der Waals surface area contributed by atoms with Crippen molar-refractivity contribution in [1.82, 2.24) is 5.32 Å². The molecular formula is C22H39NO15. The van der Waals surface area contributed by atoms with Crippen molar-refractivity contribution in [1.29, 1.82) is 0 Å². The molecule has 16 nitrogen and oxygen atoms in total. The molecule has 0 spiro atoms. The Morgan fingerprint density at radius 2 is 1.26 bits per heavy atom. The number of hydrogen-bond acceptors (Lipinski definition) is 15. The number of rotatable bonds is 9. The maximum atomic E-state index is 12.1. The van der Waals surface area contributed by atoms with Crippen LogP contribution in [0.1, 0.15) is 20.8 Å². The van der Waals surface area contributed by atoms with Crippen LogP contribution in [0.5, 0.6) is 0 Å². The van der Waals surface area contributed by atoms with Crippen molar-refractivity contribution in [3.05, 3.63) is 0 Å². The Morgan fingerprint density at radius 3 is 1.82 bits per heavy atom. The van der Waals surface area contributed by atoms with Crippen LogP contribution in [-0.4, -0.2) is 159 Å². The Hall–Kier alpha value is -1.09. The van der Waals surface area contributed by atoms with Gasteiger partial charge in [-0.3, -0.25) is 4.79 Å². The zero-order valence-electron chi connectivity index (χ0n) is 21.2. The van der Waals surface area contributed by atoms with Crippen molar-refractivity contribution in [2.24, 2.45) is 0 Å². The summed E-state index contributed by atoms with van der Waals surface area (Å²) < 4.78 is 34.2. The second-order valence-electron chi connectivity index (χ2n) is 9.49. The van der Waals surface area contributed by atoms with Gasteiger partial charge in [-0.05, 0) is 13.8 Å². The molecule has 3 aliphatic heterocycles. The molecule has 3 fully saturated rings. The molecule has 3 aliphatic rings. The SMILES string of the molecule is CCO[C@@H]1O[C@@H](CO)[C@@H](O[C@@H]2O[C@@H](CO)[C@H](O)[C@H](O)[C@@H]2O)[C@H](O[C@@H]2O[C@@H](C)[C@@H](O)[C@H](O)[C@@H]2O)[C@@H]1NC(C)=O. The summed E-state index contributed by atoms with van der Waals surface area (Å²) in [4.78, 5) is 12.1. The number of amides is 1. The summed E-state index contributed by atoms with van der Waals surface area (Å²) in [6.45, 7) is 3.00. The van der Waals surface area contributed by atoms with Crippen molar-refractivity contribution in [3.8, 4) is 0 Å². The van der Waals surface area contributed by atoms with Crippen molar-refractivity contribution >= 4 is 5.91 Å². The van der Waals surface area contributed by atoms with E-state index < -0.39 is 111 Å². The summed E-state index contributed by atoms with van der Waals surface area (Å²) in [7, 11) is 0. The van der Waals surface area contributed by atoms with Crippen molar-refractivity contribution < 1.29 is 74.1 Å². The Balaban J connectivity index is 1.97. The van der Waals surface area contributed by atoms with Gasteiger partial charge in [0.2, 0.25) is 5.91 Å². The van der Waals surface area contributed by atoms with Crippen LogP contribution in [0.25, 0.3) is 0 Å². The van der Waals surface area contributed by atoms with E-state index in [0.29, 0.717) is 0 Å². The van der Waals surface area contributed by atoms with Gasteiger partial charge in [0.25, 0.3) is 0 Å². The van der Waals surface area contributed by atoms with Crippen LogP contribution >= 0.6 is 0 Å². The van der Waals surface area contributed by atoms with Crippen molar-refractivity contribution in [3.63, 3.8) is 0 Å². The topological polar surface area (TPSA) is 246 Å². The third-order valence-electron chi connectivity index (χ3n) is 6.77. The lowest BCUT2D eigenvalue weighted by Crippen LogP contribution is -2.69. The maximum Gasteiger partial charge on any atom is 0.217 e. The van der Waals surface area contributed by atoms with Gasteiger partial charge in [0.15, 0.2) is 18.9 Å². The van der Waals surface area contributed by atoms with E-state index in [1.54, 1.807) is 6.92 Å². The third-order valence-corrected chi connectivity index (χ3v) is 6.77. The first-order valence-corrected chi connectivity index (χ1v) is 12.4. The predicted molar refractivity (Wildman–Crippen MR) is 121 cm³/mol. The van der Waals surface area contributed by atoms with E-state index in [2.05, 4.69) is 5.32 Å². The van der Waals surface area contributed by atoms with Gasteiger partial charge in [-0.15, -0.1) is 0 Å². The molecule has 9 N–H and O–H groups in total. The fourth-order valence-corrected chi connectivity index (χ4v) is 4.69. The second kappa shape index (κ2) is 13.5. The number of aliphatic hydroxyl groups is 8. The summed E-state index contributed by atoms with van der Waals surface area (Å²) in [5.74, 6) is -0.542. The number of ether oxygens (including phenoxy) is 6. The summed E-state index contributed by atoms with van der Waals surface area (Å²) in [6.07, 6.45) is -20.8. The van der Waals surface area contributed by atoms with E-state index >= 15 is 0 Å². The highest BCUT2D eigenvalue weighted by molar-refractivity contribution is 5.73. The summed E-state index contributed by atoms with van der Waals surface area (Å²) >= 11 is 0. The minimum Gasteiger partial charge on any atom is -0.394 e. The van der Waals surface area contributed by atoms with Gasteiger partial charge in [-0.2, -0.15) is 0 Å². The number of carbonyl (C=O) groups excluding carboxylic acids is 1.